The van der Waals surface area contributed by atoms with Crippen molar-refractivity contribution in [3.05, 3.63) is 0 Å². The van der Waals surface area contributed by atoms with E-state index in [0.29, 0.717) is 24.9 Å². The van der Waals surface area contributed by atoms with E-state index in [2.05, 4.69) is 12.2 Å². The number of carbonyl (C=O) groups is 2. The van der Waals surface area contributed by atoms with Crippen LogP contribution in [0.4, 0.5) is 4.79 Å². The first-order chi connectivity index (χ1) is 9.41. The molecule has 2 aliphatic rings. The SMILES string of the molecule is CCC1(CNC(=O)N2CCCC(C)(C(=O)O)C2)CCC1. The van der Waals surface area contributed by atoms with E-state index in [-0.39, 0.29) is 6.03 Å². The van der Waals surface area contributed by atoms with Crippen molar-refractivity contribution >= 4 is 12.0 Å². The molecule has 2 rings (SSSR count). The van der Waals surface area contributed by atoms with Crippen molar-refractivity contribution in [2.45, 2.75) is 52.4 Å². The van der Waals surface area contributed by atoms with Gasteiger partial charge in [-0.2, -0.15) is 0 Å². The highest BCUT2D eigenvalue weighted by molar-refractivity contribution is 5.78. The van der Waals surface area contributed by atoms with Crippen molar-refractivity contribution in [1.29, 1.82) is 0 Å². The second-order valence-corrected chi connectivity index (χ2v) is 6.76. The third kappa shape index (κ3) is 2.91. The number of amides is 2. The maximum absolute atomic E-state index is 12.2. The van der Waals surface area contributed by atoms with Gasteiger partial charge in [-0.25, -0.2) is 4.79 Å². The predicted octanol–water partition coefficient (Wildman–Crippen LogP) is 2.46. The summed E-state index contributed by atoms with van der Waals surface area (Å²) in [5.74, 6) is -0.806. The Morgan fingerprint density at radius 3 is 2.45 bits per heavy atom. The molecule has 0 aromatic rings. The van der Waals surface area contributed by atoms with Crippen molar-refractivity contribution in [1.82, 2.24) is 10.2 Å². The monoisotopic (exact) mass is 282 g/mol. The highest BCUT2D eigenvalue weighted by Gasteiger charge is 2.40. The highest BCUT2D eigenvalue weighted by atomic mass is 16.4. The van der Waals surface area contributed by atoms with Crippen LogP contribution in [0.25, 0.3) is 0 Å². The van der Waals surface area contributed by atoms with Crippen LogP contribution in [0.2, 0.25) is 0 Å². The lowest BCUT2D eigenvalue weighted by Crippen LogP contribution is -2.53. The molecule has 1 aliphatic carbocycles. The van der Waals surface area contributed by atoms with Gasteiger partial charge in [-0.1, -0.05) is 13.3 Å². The molecule has 1 heterocycles. The van der Waals surface area contributed by atoms with Crippen molar-refractivity contribution in [3.63, 3.8) is 0 Å². The Labute approximate surface area is 120 Å². The van der Waals surface area contributed by atoms with Crippen LogP contribution in [0.1, 0.15) is 52.4 Å². The molecule has 0 aromatic carbocycles. The van der Waals surface area contributed by atoms with Gasteiger partial charge in [0.05, 0.1) is 5.41 Å². The molecular weight excluding hydrogens is 256 g/mol. The summed E-state index contributed by atoms with van der Waals surface area (Å²) in [6, 6.07) is -0.100. The normalized spacial score (nSPS) is 28.6. The summed E-state index contributed by atoms with van der Waals surface area (Å²) in [6.07, 6.45) is 6.14. The van der Waals surface area contributed by atoms with Gasteiger partial charge >= 0.3 is 12.0 Å². The largest absolute Gasteiger partial charge is 0.481 e. The molecule has 0 radical (unpaired) electrons. The van der Waals surface area contributed by atoms with E-state index in [9.17, 15) is 14.7 Å². The third-order valence-electron chi connectivity index (χ3n) is 5.28. The fraction of sp³-hybridized carbons (Fsp3) is 0.867. The van der Waals surface area contributed by atoms with Crippen LogP contribution in [0, 0.1) is 10.8 Å². The first-order valence-electron chi connectivity index (χ1n) is 7.67. The molecule has 2 N–H and O–H groups in total. The molecule has 20 heavy (non-hydrogen) atoms. The van der Waals surface area contributed by atoms with E-state index in [1.54, 1.807) is 11.8 Å². The fourth-order valence-electron chi connectivity index (χ4n) is 3.29. The Balaban J connectivity index is 1.87. The lowest BCUT2D eigenvalue weighted by molar-refractivity contribution is -0.150. The van der Waals surface area contributed by atoms with Gasteiger partial charge in [0.2, 0.25) is 0 Å². The van der Waals surface area contributed by atoms with Gasteiger partial charge in [-0.3, -0.25) is 4.79 Å². The molecule has 2 fully saturated rings. The maximum Gasteiger partial charge on any atom is 0.317 e. The molecule has 5 heteroatoms. The molecule has 0 aromatic heterocycles. The predicted molar refractivity (Wildman–Crippen MR) is 76.5 cm³/mol. The van der Waals surface area contributed by atoms with Crippen molar-refractivity contribution < 1.29 is 14.7 Å². The molecule has 0 spiro atoms. The summed E-state index contributed by atoms with van der Waals surface area (Å²) in [6.45, 7) is 5.60. The first-order valence-corrected chi connectivity index (χ1v) is 7.67. The quantitative estimate of drug-likeness (QED) is 0.832. The molecule has 114 valence electrons. The third-order valence-corrected chi connectivity index (χ3v) is 5.28. The van der Waals surface area contributed by atoms with Gasteiger partial charge < -0.3 is 15.3 Å². The van der Waals surface area contributed by atoms with E-state index in [4.69, 9.17) is 0 Å². The molecule has 0 bridgehead atoms. The number of nitrogens with one attached hydrogen (secondary N) is 1. The van der Waals surface area contributed by atoms with Gasteiger partial charge in [0.1, 0.15) is 0 Å². The van der Waals surface area contributed by atoms with Gasteiger partial charge in [-0.15, -0.1) is 0 Å². The second-order valence-electron chi connectivity index (χ2n) is 6.76. The number of hydrogen-bond donors (Lipinski definition) is 2. The van der Waals surface area contributed by atoms with Gasteiger partial charge in [-0.05, 0) is 44.4 Å². The number of likely N-dealkylation sites (tertiary alicyclic amines) is 1. The minimum absolute atomic E-state index is 0.100. The highest BCUT2D eigenvalue weighted by Crippen LogP contribution is 2.43. The Hall–Kier alpha value is -1.26. The molecule has 1 saturated heterocycles. The van der Waals surface area contributed by atoms with Gasteiger partial charge in [0.25, 0.3) is 0 Å². The van der Waals surface area contributed by atoms with Crippen molar-refractivity contribution in [2.24, 2.45) is 10.8 Å². The Morgan fingerprint density at radius 1 is 1.25 bits per heavy atom. The molecule has 1 aliphatic heterocycles. The van der Waals surface area contributed by atoms with E-state index >= 15 is 0 Å². The van der Waals surface area contributed by atoms with Crippen LogP contribution in [0.15, 0.2) is 0 Å². The molecule has 5 nitrogen and oxygen atoms in total. The second kappa shape index (κ2) is 5.62. The number of piperidine rings is 1. The summed E-state index contributed by atoms with van der Waals surface area (Å²) in [5, 5.41) is 12.3. The zero-order valence-corrected chi connectivity index (χ0v) is 12.6. The molecular formula is C15H26N2O3. The summed E-state index contributed by atoms with van der Waals surface area (Å²) < 4.78 is 0. The fourth-order valence-corrected chi connectivity index (χ4v) is 3.29. The smallest absolute Gasteiger partial charge is 0.317 e. The van der Waals surface area contributed by atoms with E-state index < -0.39 is 11.4 Å². The minimum atomic E-state index is -0.806. The van der Waals surface area contributed by atoms with Crippen LogP contribution in [-0.2, 0) is 4.79 Å². The van der Waals surface area contributed by atoms with Gasteiger partial charge in [0.15, 0.2) is 0 Å². The van der Waals surface area contributed by atoms with Crippen LogP contribution >= 0.6 is 0 Å². The Morgan fingerprint density at radius 2 is 1.95 bits per heavy atom. The Bertz CT molecular complexity index is 387. The number of nitrogens with zero attached hydrogens (tertiary/aromatic N) is 1. The van der Waals surface area contributed by atoms with Gasteiger partial charge in [0, 0.05) is 19.6 Å². The average Bonchev–Trinajstić information content (AvgIpc) is 2.37. The molecule has 2 amide bonds. The number of carboxylic acids is 1. The van der Waals surface area contributed by atoms with Crippen molar-refractivity contribution in [2.75, 3.05) is 19.6 Å². The minimum Gasteiger partial charge on any atom is -0.481 e. The number of aliphatic carboxylic acids is 1. The first kappa shape index (κ1) is 15.1. The summed E-state index contributed by atoms with van der Waals surface area (Å²) in [7, 11) is 0. The molecule has 1 atom stereocenters. The maximum atomic E-state index is 12.2. The number of rotatable bonds is 4. The average molecular weight is 282 g/mol. The van der Waals surface area contributed by atoms with Crippen LogP contribution < -0.4 is 5.32 Å². The van der Waals surface area contributed by atoms with Crippen LogP contribution in [-0.4, -0.2) is 41.6 Å². The molecule has 1 unspecified atom stereocenters. The summed E-state index contributed by atoms with van der Waals surface area (Å²) in [4.78, 5) is 25.2. The topological polar surface area (TPSA) is 69.6 Å². The number of carbonyl (C=O) groups excluding carboxylic acids is 1. The van der Waals surface area contributed by atoms with E-state index in [0.717, 1.165) is 19.4 Å². The Kier molecular flexibility index (Phi) is 4.25. The summed E-state index contributed by atoms with van der Waals surface area (Å²) >= 11 is 0. The zero-order valence-electron chi connectivity index (χ0n) is 12.6. The molecule has 1 saturated carbocycles. The van der Waals surface area contributed by atoms with E-state index in [1.165, 1.54) is 19.3 Å². The van der Waals surface area contributed by atoms with Crippen molar-refractivity contribution in [3.8, 4) is 0 Å². The lowest BCUT2D eigenvalue weighted by Gasteiger charge is -2.42. The van der Waals surface area contributed by atoms with Crippen LogP contribution in [0.3, 0.4) is 0 Å². The standard InChI is InChI=1S/C15H26N2O3/c1-3-15(7-4-8-15)10-16-13(20)17-9-5-6-14(2,11-17)12(18)19/h3-11H2,1-2H3,(H,16,20)(H,18,19). The number of urea groups is 1. The zero-order chi connectivity index (χ0) is 14.8. The lowest BCUT2D eigenvalue weighted by atomic mass is 9.67. The van der Waals surface area contributed by atoms with E-state index in [1.807, 2.05) is 0 Å². The summed E-state index contributed by atoms with van der Waals surface area (Å²) in [5.41, 5.74) is -0.504. The number of hydrogen-bond acceptors (Lipinski definition) is 2. The van der Waals surface area contributed by atoms with Crippen LogP contribution in [0.5, 0.6) is 0 Å². The number of carboxylic acid groups (broad SMARTS) is 1.